The molecule has 4 atom stereocenters. The van der Waals surface area contributed by atoms with Crippen LogP contribution in [0.3, 0.4) is 0 Å². The Hall–Kier alpha value is -0.500. The minimum atomic E-state index is 0.323. The Morgan fingerprint density at radius 1 is 1.50 bits per heavy atom. The van der Waals surface area contributed by atoms with Gasteiger partial charge < -0.3 is 10.5 Å². The summed E-state index contributed by atoms with van der Waals surface area (Å²) in [6.45, 7) is 2.25. The van der Waals surface area contributed by atoms with Gasteiger partial charge in [0.2, 0.25) is 0 Å². The first-order valence-corrected chi connectivity index (χ1v) is 4.75. The van der Waals surface area contributed by atoms with Crippen LogP contribution in [0.2, 0.25) is 0 Å². The molecule has 0 aromatic rings. The smallest absolute Gasteiger partial charge is 0.0965 e. The molecule has 2 nitrogen and oxygen atoms in total. The summed E-state index contributed by atoms with van der Waals surface area (Å²) in [5.41, 5.74) is 6.11. The zero-order chi connectivity index (χ0) is 8.72. The molecule has 0 spiro atoms. The van der Waals surface area contributed by atoms with Gasteiger partial charge in [0, 0.05) is 12.0 Å². The fraction of sp³-hybridized carbons (Fsp3) is 0.800. The van der Waals surface area contributed by atoms with Crippen molar-refractivity contribution in [2.45, 2.75) is 25.8 Å². The second-order valence-corrected chi connectivity index (χ2v) is 4.06. The lowest BCUT2D eigenvalue weighted by Gasteiger charge is -2.43. The molecule has 2 heteroatoms. The van der Waals surface area contributed by atoms with Gasteiger partial charge in [-0.25, -0.2) is 0 Å². The van der Waals surface area contributed by atoms with E-state index in [0.29, 0.717) is 23.8 Å². The highest BCUT2D eigenvalue weighted by atomic mass is 16.5. The Bertz CT molecular complexity index is 212. The van der Waals surface area contributed by atoms with E-state index in [1.54, 1.807) is 7.11 Å². The molecule has 1 saturated carbocycles. The number of hydrogen-bond acceptors (Lipinski definition) is 2. The van der Waals surface area contributed by atoms with Gasteiger partial charge >= 0.3 is 0 Å². The summed E-state index contributed by atoms with van der Waals surface area (Å²) >= 11 is 0. The molecule has 3 aliphatic carbocycles. The van der Waals surface area contributed by atoms with Gasteiger partial charge in [0.05, 0.1) is 12.9 Å². The SMILES string of the molecule is COC1=CC2CC[C@H]1C(N)C2C. The van der Waals surface area contributed by atoms with E-state index in [0.717, 1.165) is 5.76 Å². The van der Waals surface area contributed by atoms with E-state index < -0.39 is 0 Å². The van der Waals surface area contributed by atoms with Gasteiger partial charge in [-0.2, -0.15) is 0 Å². The van der Waals surface area contributed by atoms with Gasteiger partial charge in [-0.05, 0) is 30.8 Å². The maximum absolute atomic E-state index is 6.11. The fourth-order valence-corrected chi connectivity index (χ4v) is 2.60. The number of methoxy groups -OCH3 is 1. The third-order valence-electron chi connectivity index (χ3n) is 3.54. The molecule has 0 aliphatic heterocycles. The van der Waals surface area contributed by atoms with Crippen molar-refractivity contribution in [3.63, 3.8) is 0 Å². The lowest BCUT2D eigenvalue weighted by molar-refractivity contribution is 0.114. The number of nitrogens with two attached hydrogens (primary N) is 1. The van der Waals surface area contributed by atoms with Crippen molar-refractivity contribution in [2.24, 2.45) is 23.5 Å². The van der Waals surface area contributed by atoms with E-state index in [1.165, 1.54) is 12.8 Å². The van der Waals surface area contributed by atoms with Crippen LogP contribution >= 0.6 is 0 Å². The molecular formula is C10H17NO. The number of fused-ring (bicyclic) bond motifs is 2. The molecule has 0 aromatic carbocycles. The summed E-state index contributed by atoms with van der Waals surface area (Å²) in [5, 5.41) is 0. The highest BCUT2D eigenvalue weighted by Crippen LogP contribution is 2.43. The normalized spacial score (nSPS) is 45.8. The van der Waals surface area contributed by atoms with Crippen molar-refractivity contribution in [2.75, 3.05) is 7.11 Å². The molecule has 0 saturated heterocycles. The van der Waals surface area contributed by atoms with Crippen LogP contribution < -0.4 is 5.73 Å². The van der Waals surface area contributed by atoms with E-state index in [9.17, 15) is 0 Å². The quantitative estimate of drug-likeness (QED) is 0.642. The van der Waals surface area contributed by atoms with Gasteiger partial charge in [-0.3, -0.25) is 0 Å². The first-order valence-electron chi connectivity index (χ1n) is 4.75. The van der Waals surface area contributed by atoms with Crippen LogP contribution in [0.1, 0.15) is 19.8 Å². The molecule has 12 heavy (non-hydrogen) atoms. The standard InChI is InChI=1S/C10H17NO/c1-6-7-3-4-8(10(6)11)9(5-7)12-2/h5-8,10H,3-4,11H2,1-2H3/t6?,7?,8-,10?/m1/s1. The van der Waals surface area contributed by atoms with Gasteiger partial charge in [-0.15, -0.1) is 0 Å². The zero-order valence-electron chi connectivity index (χ0n) is 7.79. The Kier molecular flexibility index (Phi) is 1.87. The summed E-state index contributed by atoms with van der Waals surface area (Å²) in [4.78, 5) is 0. The third-order valence-corrected chi connectivity index (χ3v) is 3.54. The molecule has 1 fully saturated rings. The topological polar surface area (TPSA) is 35.2 Å². The molecule has 2 bridgehead atoms. The van der Waals surface area contributed by atoms with Crippen LogP contribution in [0, 0.1) is 17.8 Å². The number of ether oxygens (including phenoxy) is 1. The van der Waals surface area contributed by atoms with Crippen LogP contribution in [0.5, 0.6) is 0 Å². The summed E-state index contributed by atoms with van der Waals surface area (Å²) in [6.07, 6.45) is 4.80. The highest BCUT2D eigenvalue weighted by molar-refractivity contribution is 5.16. The number of hydrogen-bond donors (Lipinski definition) is 1. The Balaban J connectivity index is 2.27. The van der Waals surface area contributed by atoms with Crippen LogP contribution in [-0.2, 0) is 4.74 Å². The van der Waals surface area contributed by atoms with E-state index in [1.807, 2.05) is 0 Å². The van der Waals surface area contributed by atoms with E-state index in [4.69, 9.17) is 10.5 Å². The Morgan fingerprint density at radius 3 is 2.83 bits per heavy atom. The predicted molar refractivity (Wildman–Crippen MR) is 48.4 cm³/mol. The summed E-state index contributed by atoms with van der Waals surface area (Å²) in [5.74, 6) is 2.94. The fourth-order valence-electron chi connectivity index (χ4n) is 2.60. The molecular weight excluding hydrogens is 150 g/mol. The Labute approximate surface area is 73.8 Å². The van der Waals surface area contributed by atoms with Crippen molar-refractivity contribution < 1.29 is 4.74 Å². The van der Waals surface area contributed by atoms with Crippen LogP contribution in [0.25, 0.3) is 0 Å². The molecule has 68 valence electrons. The first kappa shape index (κ1) is 8.11. The van der Waals surface area contributed by atoms with Crippen molar-refractivity contribution >= 4 is 0 Å². The van der Waals surface area contributed by atoms with E-state index in [2.05, 4.69) is 13.0 Å². The van der Waals surface area contributed by atoms with Crippen molar-refractivity contribution in [3.05, 3.63) is 11.8 Å². The van der Waals surface area contributed by atoms with Crippen molar-refractivity contribution in [3.8, 4) is 0 Å². The van der Waals surface area contributed by atoms with Crippen molar-refractivity contribution in [1.29, 1.82) is 0 Å². The monoisotopic (exact) mass is 167 g/mol. The molecule has 2 N–H and O–H groups in total. The molecule has 0 aromatic heterocycles. The molecule has 3 unspecified atom stereocenters. The lowest BCUT2D eigenvalue weighted by atomic mass is 9.66. The first-order chi connectivity index (χ1) is 5.74. The van der Waals surface area contributed by atoms with Crippen LogP contribution in [0.15, 0.2) is 11.8 Å². The number of allylic oxidation sites excluding steroid dienone is 1. The van der Waals surface area contributed by atoms with Crippen LogP contribution in [0.4, 0.5) is 0 Å². The molecule has 0 radical (unpaired) electrons. The molecule has 3 aliphatic rings. The second kappa shape index (κ2) is 2.77. The summed E-state index contributed by atoms with van der Waals surface area (Å²) < 4.78 is 5.32. The highest BCUT2D eigenvalue weighted by Gasteiger charge is 2.40. The lowest BCUT2D eigenvalue weighted by Crippen LogP contribution is -2.47. The van der Waals surface area contributed by atoms with Gasteiger partial charge in [0.1, 0.15) is 0 Å². The van der Waals surface area contributed by atoms with Gasteiger partial charge in [0.25, 0.3) is 0 Å². The number of rotatable bonds is 1. The van der Waals surface area contributed by atoms with E-state index >= 15 is 0 Å². The summed E-state index contributed by atoms with van der Waals surface area (Å²) in [6, 6.07) is 0.323. The average Bonchev–Trinajstić information content (AvgIpc) is 2.12. The molecule has 0 amide bonds. The maximum Gasteiger partial charge on any atom is 0.0965 e. The minimum Gasteiger partial charge on any atom is -0.501 e. The second-order valence-electron chi connectivity index (χ2n) is 4.06. The minimum absolute atomic E-state index is 0.323. The predicted octanol–water partition coefficient (Wildman–Crippen LogP) is 1.52. The van der Waals surface area contributed by atoms with Gasteiger partial charge in [0.15, 0.2) is 0 Å². The molecule has 3 rings (SSSR count). The van der Waals surface area contributed by atoms with Gasteiger partial charge in [-0.1, -0.05) is 6.92 Å². The zero-order valence-corrected chi connectivity index (χ0v) is 7.79. The largest absolute Gasteiger partial charge is 0.501 e. The maximum atomic E-state index is 6.11. The molecule has 0 heterocycles. The third kappa shape index (κ3) is 0.977. The van der Waals surface area contributed by atoms with Crippen LogP contribution in [-0.4, -0.2) is 13.2 Å². The van der Waals surface area contributed by atoms with E-state index in [-0.39, 0.29) is 0 Å². The average molecular weight is 167 g/mol. The Morgan fingerprint density at radius 2 is 2.25 bits per heavy atom. The van der Waals surface area contributed by atoms with Crippen molar-refractivity contribution in [1.82, 2.24) is 0 Å². The summed E-state index contributed by atoms with van der Waals surface area (Å²) in [7, 11) is 1.75.